The predicted molar refractivity (Wildman–Crippen MR) is 82.5 cm³/mol. The Hall–Kier alpha value is -0.510. The lowest BCUT2D eigenvalue weighted by atomic mass is 10.2. The molecule has 0 radical (unpaired) electrons. The minimum Gasteiger partial charge on any atom is -0.221 e. The Morgan fingerprint density at radius 2 is 2.16 bits per heavy atom. The Balaban J connectivity index is 2.14. The molecule has 1 fully saturated rings. The summed E-state index contributed by atoms with van der Waals surface area (Å²) in [7, 11) is 0. The molecule has 0 atom stereocenters. The number of hydrogen-bond donors (Lipinski definition) is 0. The van der Waals surface area contributed by atoms with Crippen LogP contribution in [0.2, 0.25) is 5.15 Å². The highest BCUT2D eigenvalue weighted by atomic mass is 79.9. The van der Waals surface area contributed by atoms with Crippen molar-refractivity contribution in [2.75, 3.05) is 0 Å². The van der Waals surface area contributed by atoms with Gasteiger partial charge in [0.1, 0.15) is 5.15 Å². The number of aryl methyl sites for hydroxylation is 1. The van der Waals surface area contributed by atoms with Crippen molar-refractivity contribution in [3.8, 4) is 5.69 Å². The van der Waals surface area contributed by atoms with Gasteiger partial charge in [0.25, 0.3) is 0 Å². The van der Waals surface area contributed by atoms with Gasteiger partial charge in [0.15, 0.2) is 0 Å². The smallest absolute Gasteiger partial charge is 0.137 e. The molecule has 0 N–H and O–H groups in total. The average Bonchev–Trinajstić information content (AvgIpc) is 3.15. The van der Waals surface area contributed by atoms with E-state index in [1.165, 1.54) is 12.8 Å². The van der Waals surface area contributed by atoms with E-state index in [4.69, 9.17) is 23.2 Å². The molecule has 1 aromatic heterocycles. The van der Waals surface area contributed by atoms with Crippen LogP contribution in [0.4, 0.5) is 0 Å². The van der Waals surface area contributed by atoms with Crippen molar-refractivity contribution in [3.05, 3.63) is 44.6 Å². The van der Waals surface area contributed by atoms with Gasteiger partial charge in [-0.05, 0) is 43.5 Å². The average molecular weight is 360 g/mol. The highest BCUT2D eigenvalue weighted by molar-refractivity contribution is 9.10. The first kappa shape index (κ1) is 13.5. The molecule has 0 saturated heterocycles. The van der Waals surface area contributed by atoms with E-state index in [9.17, 15) is 0 Å². The molecule has 0 bridgehead atoms. The van der Waals surface area contributed by atoms with Gasteiger partial charge in [-0.15, -0.1) is 11.6 Å². The fourth-order valence-corrected chi connectivity index (χ4v) is 3.37. The van der Waals surface area contributed by atoms with Crippen molar-refractivity contribution in [3.63, 3.8) is 0 Å². The number of nitrogens with zero attached hydrogens (tertiary/aromatic N) is 2. The first-order chi connectivity index (χ1) is 9.11. The normalized spacial score (nSPS) is 14.9. The van der Waals surface area contributed by atoms with Crippen molar-refractivity contribution in [1.29, 1.82) is 0 Å². The van der Waals surface area contributed by atoms with Gasteiger partial charge in [-0.1, -0.05) is 27.5 Å². The summed E-state index contributed by atoms with van der Waals surface area (Å²) in [6.07, 6.45) is 2.38. The Bertz CT molecular complexity index is 633. The van der Waals surface area contributed by atoms with Crippen molar-refractivity contribution < 1.29 is 0 Å². The second-order valence-corrected chi connectivity index (χ2v) is 6.45. The van der Waals surface area contributed by atoms with Gasteiger partial charge >= 0.3 is 0 Å². The lowest BCUT2D eigenvalue weighted by Crippen LogP contribution is -1.99. The van der Waals surface area contributed by atoms with Crippen LogP contribution in [-0.2, 0) is 5.88 Å². The first-order valence-electron chi connectivity index (χ1n) is 6.21. The molecule has 1 aliphatic rings. The SMILES string of the molecule is Cc1cc(Br)ccc1-n1nc(C2CC2)c(CCl)c1Cl. The zero-order valence-corrected chi connectivity index (χ0v) is 13.6. The van der Waals surface area contributed by atoms with Crippen LogP contribution in [-0.4, -0.2) is 9.78 Å². The molecular weight excluding hydrogens is 347 g/mol. The maximum Gasteiger partial charge on any atom is 0.137 e. The van der Waals surface area contributed by atoms with Crippen LogP contribution < -0.4 is 0 Å². The fourth-order valence-electron chi connectivity index (χ4n) is 2.27. The molecule has 100 valence electrons. The van der Waals surface area contributed by atoms with Crippen LogP contribution in [0.15, 0.2) is 22.7 Å². The van der Waals surface area contributed by atoms with Crippen LogP contribution in [0.3, 0.4) is 0 Å². The number of benzene rings is 1. The van der Waals surface area contributed by atoms with E-state index in [0.717, 1.165) is 27.0 Å². The zero-order valence-electron chi connectivity index (χ0n) is 10.5. The van der Waals surface area contributed by atoms with Crippen LogP contribution in [0.25, 0.3) is 5.69 Å². The highest BCUT2D eigenvalue weighted by Crippen LogP contribution is 2.43. The molecule has 2 nitrogen and oxygen atoms in total. The maximum absolute atomic E-state index is 6.45. The Morgan fingerprint density at radius 1 is 1.42 bits per heavy atom. The standard InChI is InChI=1S/C14H13BrCl2N2/c1-8-6-10(15)4-5-12(8)19-14(17)11(7-16)13(18-19)9-2-3-9/h4-6,9H,2-3,7H2,1H3. The van der Waals surface area contributed by atoms with E-state index < -0.39 is 0 Å². The van der Waals surface area contributed by atoms with E-state index >= 15 is 0 Å². The molecule has 3 rings (SSSR count). The van der Waals surface area contributed by atoms with E-state index in [1.807, 2.05) is 16.8 Å². The second kappa shape index (κ2) is 5.12. The van der Waals surface area contributed by atoms with Crippen molar-refractivity contribution in [2.45, 2.75) is 31.6 Å². The molecule has 1 saturated carbocycles. The van der Waals surface area contributed by atoms with E-state index in [2.05, 4.69) is 34.0 Å². The zero-order chi connectivity index (χ0) is 13.6. The highest BCUT2D eigenvalue weighted by Gasteiger charge is 2.31. The van der Waals surface area contributed by atoms with Crippen LogP contribution >= 0.6 is 39.1 Å². The monoisotopic (exact) mass is 358 g/mol. The number of rotatable bonds is 3. The van der Waals surface area contributed by atoms with Crippen molar-refractivity contribution in [1.82, 2.24) is 9.78 Å². The van der Waals surface area contributed by atoms with Crippen molar-refractivity contribution >= 4 is 39.1 Å². The number of hydrogen-bond acceptors (Lipinski definition) is 1. The Morgan fingerprint density at radius 3 is 2.74 bits per heavy atom. The summed E-state index contributed by atoms with van der Waals surface area (Å²) >= 11 is 16.0. The third-order valence-corrected chi connectivity index (χ3v) is 4.59. The molecule has 19 heavy (non-hydrogen) atoms. The first-order valence-corrected chi connectivity index (χ1v) is 7.92. The summed E-state index contributed by atoms with van der Waals surface area (Å²) in [6, 6.07) is 6.08. The minimum absolute atomic E-state index is 0.417. The lowest BCUT2D eigenvalue weighted by Gasteiger charge is -2.07. The Labute approximate surface area is 130 Å². The molecule has 0 unspecified atom stereocenters. The fraction of sp³-hybridized carbons (Fsp3) is 0.357. The van der Waals surface area contributed by atoms with E-state index in [0.29, 0.717) is 17.0 Å². The van der Waals surface area contributed by atoms with E-state index in [1.54, 1.807) is 0 Å². The van der Waals surface area contributed by atoms with Gasteiger partial charge in [-0.3, -0.25) is 0 Å². The minimum atomic E-state index is 0.417. The summed E-state index contributed by atoms with van der Waals surface area (Å²) in [4.78, 5) is 0. The van der Waals surface area contributed by atoms with Crippen LogP contribution in [0, 0.1) is 6.92 Å². The largest absolute Gasteiger partial charge is 0.221 e. The molecule has 5 heteroatoms. The second-order valence-electron chi connectivity index (χ2n) is 4.91. The quantitative estimate of drug-likeness (QED) is 0.687. The van der Waals surface area contributed by atoms with Crippen LogP contribution in [0.1, 0.15) is 35.6 Å². The molecule has 1 aliphatic carbocycles. The van der Waals surface area contributed by atoms with Gasteiger partial charge in [0, 0.05) is 16.0 Å². The predicted octanol–water partition coefficient (Wildman–Crippen LogP) is 5.21. The molecule has 0 spiro atoms. The molecule has 0 amide bonds. The summed E-state index contributed by atoms with van der Waals surface area (Å²) in [6.45, 7) is 2.05. The van der Waals surface area contributed by atoms with Gasteiger partial charge in [-0.2, -0.15) is 5.10 Å². The summed E-state index contributed by atoms with van der Waals surface area (Å²) in [5.41, 5.74) is 4.18. The third-order valence-electron chi connectivity index (χ3n) is 3.44. The molecule has 1 heterocycles. The molecule has 1 aromatic carbocycles. The maximum atomic E-state index is 6.45. The molecule has 2 aromatic rings. The lowest BCUT2D eigenvalue weighted by molar-refractivity contribution is 0.832. The molecular formula is C14H13BrCl2N2. The Kier molecular flexibility index (Phi) is 3.63. The third kappa shape index (κ3) is 2.44. The topological polar surface area (TPSA) is 17.8 Å². The number of aromatic nitrogens is 2. The van der Waals surface area contributed by atoms with Crippen molar-refractivity contribution in [2.24, 2.45) is 0 Å². The number of halogens is 3. The van der Waals surface area contributed by atoms with Gasteiger partial charge < -0.3 is 0 Å². The van der Waals surface area contributed by atoms with Gasteiger partial charge in [0.2, 0.25) is 0 Å². The van der Waals surface area contributed by atoms with Gasteiger partial charge in [-0.25, -0.2) is 4.68 Å². The number of alkyl halides is 1. The summed E-state index contributed by atoms with van der Waals surface area (Å²) in [5.74, 6) is 0.962. The van der Waals surface area contributed by atoms with E-state index in [-0.39, 0.29) is 0 Å². The molecule has 0 aliphatic heterocycles. The summed E-state index contributed by atoms with van der Waals surface area (Å²) < 4.78 is 2.87. The van der Waals surface area contributed by atoms with Gasteiger partial charge in [0.05, 0.1) is 17.3 Å². The van der Waals surface area contributed by atoms with Crippen LogP contribution in [0.5, 0.6) is 0 Å². The summed E-state index contributed by atoms with van der Waals surface area (Å²) in [5, 5.41) is 5.33.